The van der Waals surface area contributed by atoms with E-state index < -0.39 is 25.7 Å². The molecule has 0 aromatic heterocycles. The molecule has 23 heavy (non-hydrogen) atoms. The number of nitrogens with zero attached hydrogens (tertiary/aromatic N) is 1. The summed E-state index contributed by atoms with van der Waals surface area (Å²) in [6, 6.07) is 11.0. The lowest BCUT2D eigenvalue weighted by molar-refractivity contribution is 0.463. The number of sulfonamides is 1. The van der Waals surface area contributed by atoms with Gasteiger partial charge in [-0.05, 0) is 29.8 Å². The van der Waals surface area contributed by atoms with E-state index >= 15 is 0 Å². The number of hydrogen-bond acceptors (Lipinski definition) is 4. The second kappa shape index (κ2) is 6.38. The fourth-order valence-corrected chi connectivity index (χ4v) is 4.87. The van der Waals surface area contributed by atoms with Crippen LogP contribution >= 0.6 is 0 Å². The van der Waals surface area contributed by atoms with Crippen molar-refractivity contribution in [3.63, 3.8) is 0 Å². The van der Waals surface area contributed by atoms with Gasteiger partial charge in [-0.1, -0.05) is 24.3 Å². The van der Waals surface area contributed by atoms with E-state index in [2.05, 4.69) is 0 Å². The lowest BCUT2D eigenvalue weighted by Crippen LogP contribution is -2.27. The lowest BCUT2D eigenvalue weighted by Gasteiger charge is -2.19. The van der Waals surface area contributed by atoms with Gasteiger partial charge in [0.2, 0.25) is 10.0 Å². The van der Waals surface area contributed by atoms with Crippen LogP contribution in [0.2, 0.25) is 0 Å². The summed E-state index contributed by atoms with van der Waals surface area (Å²) in [5.41, 5.74) is 0.466. The van der Waals surface area contributed by atoms with Gasteiger partial charge in [0.25, 0.3) is 0 Å². The maximum absolute atomic E-state index is 13.2. The molecule has 0 saturated carbocycles. The molecule has 0 aliphatic rings. The van der Waals surface area contributed by atoms with Crippen LogP contribution in [0.5, 0.6) is 0 Å². The summed E-state index contributed by atoms with van der Waals surface area (Å²) in [5.74, 6) is -0.468. The number of halogens is 1. The van der Waals surface area contributed by atoms with Gasteiger partial charge >= 0.3 is 0 Å². The molecule has 0 N–H and O–H groups in total. The van der Waals surface area contributed by atoms with Gasteiger partial charge in [-0.15, -0.1) is 0 Å². The van der Waals surface area contributed by atoms with Crippen LogP contribution < -0.4 is 0 Å². The summed E-state index contributed by atoms with van der Waals surface area (Å²) in [5, 5.41) is 0. The smallest absolute Gasteiger partial charge is 0.224 e. The maximum Gasteiger partial charge on any atom is 0.244 e. The fourth-order valence-electron chi connectivity index (χ4n) is 2.11. The Balaban J connectivity index is 2.43. The van der Waals surface area contributed by atoms with Gasteiger partial charge in [0.05, 0.1) is 4.90 Å². The van der Waals surface area contributed by atoms with Crippen molar-refractivity contribution in [2.24, 2.45) is 0 Å². The van der Waals surface area contributed by atoms with Gasteiger partial charge in [0, 0.05) is 19.8 Å². The molecule has 0 saturated heterocycles. The van der Waals surface area contributed by atoms with E-state index in [9.17, 15) is 21.2 Å². The van der Waals surface area contributed by atoms with E-state index in [-0.39, 0.29) is 16.3 Å². The number of benzene rings is 2. The van der Waals surface area contributed by atoms with Crippen molar-refractivity contribution in [3.05, 3.63) is 59.9 Å². The third-order valence-electron chi connectivity index (χ3n) is 3.23. The summed E-state index contributed by atoms with van der Waals surface area (Å²) in [4.78, 5) is -0.549. The molecule has 0 radical (unpaired) electrons. The van der Waals surface area contributed by atoms with Crippen molar-refractivity contribution >= 4 is 19.9 Å². The Labute approximate surface area is 135 Å². The van der Waals surface area contributed by atoms with Crippen LogP contribution in [0.1, 0.15) is 5.56 Å². The zero-order chi connectivity index (χ0) is 17.3. The van der Waals surface area contributed by atoms with Crippen LogP contribution in [0.25, 0.3) is 0 Å². The van der Waals surface area contributed by atoms with Crippen molar-refractivity contribution in [3.8, 4) is 0 Å². The van der Waals surface area contributed by atoms with Gasteiger partial charge < -0.3 is 0 Å². The molecule has 8 heteroatoms. The summed E-state index contributed by atoms with van der Waals surface area (Å²) in [6.07, 6.45) is 0.952. The molecule has 0 aliphatic carbocycles. The highest BCUT2D eigenvalue weighted by molar-refractivity contribution is 7.93. The Kier molecular flexibility index (Phi) is 4.88. The Morgan fingerprint density at radius 2 is 1.57 bits per heavy atom. The summed E-state index contributed by atoms with van der Waals surface area (Å²) >= 11 is 0. The highest BCUT2D eigenvalue weighted by atomic mass is 32.2. The molecule has 0 heterocycles. The molecule has 0 unspecified atom stereocenters. The van der Waals surface area contributed by atoms with Crippen LogP contribution in [-0.4, -0.2) is 34.4 Å². The van der Waals surface area contributed by atoms with Crippen LogP contribution in [-0.2, 0) is 26.4 Å². The molecule has 2 aromatic carbocycles. The molecule has 2 rings (SSSR count). The Morgan fingerprint density at radius 1 is 0.957 bits per heavy atom. The second-order valence-corrected chi connectivity index (χ2v) is 9.11. The van der Waals surface area contributed by atoms with Gasteiger partial charge in [-0.3, -0.25) is 0 Å². The third kappa shape index (κ3) is 3.95. The molecule has 0 aliphatic heterocycles. The van der Waals surface area contributed by atoms with Crippen molar-refractivity contribution < 1.29 is 21.2 Å². The Morgan fingerprint density at radius 3 is 2.13 bits per heavy atom. The average Bonchev–Trinajstić information content (AvgIpc) is 2.46. The van der Waals surface area contributed by atoms with Gasteiger partial charge in [0.15, 0.2) is 9.84 Å². The molecule has 5 nitrogen and oxygen atoms in total. The highest BCUT2D eigenvalue weighted by Crippen LogP contribution is 2.24. The highest BCUT2D eigenvalue weighted by Gasteiger charge is 2.27. The number of rotatable bonds is 5. The van der Waals surface area contributed by atoms with E-state index in [1.54, 1.807) is 6.07 Å². The first kappa shape index (κ1) is 17.6. The first-order valence-corrected chi connectivity index (χ1v) is 9.95. The normalized spacial score (nSPS) is 12.5. The van der Waals surface area contributed by atoms with Crippen molar-refractivity contribution in [2.45, 2.75) is 16.3 Å². The van der Waals surface area contributed by atoms with E-state index in [1.165, 1.54) is 49.5 Å². The molecule has 0 atom stereocenters. The lowest BCUT2D eigenvalue weighted by atomic mass is 10.2. The van der Waals surface area contributed by atoms with Crippen LogP contribution in [0.3, 0.4) is 0 Å². The van der Waals surface area contributed by atoms with Gasteiger partial charge in [-0.25, -0.2) is 21.2 Å². The minimum Gasteiger partial charge on any atom is -0.224 e. The van der Waals surface area contributed by atoms with E-state index in [1.807, 2.05) is 0 Å². The van der Waals surface area contributed by atoms with Crippen molar-refractivity contribution in [2.75, 3.05) is 13.3 Å². The molecule has 124 valence electrons. The molecular formula is C15H16FNO4S2. The number of hydrogen-bond donors (Lipinski definition) is 0. The van der Waals surface area contributed by atoms with E-state index in [0.29, 0.717) is 5.56 Å². The molecule has 0 bridgehead atoms. The van der Waals surface area contributed by atoms with Gasteiger partial charge in [0.1, 0.15) is 10.7 Å². The van der Waals surface area contributed by atoms with Crippen molar-refractivity contribution in [1.82, 2.24) is 4.31 Å². The molecule has 0 amide bonds. The summed E-state index contributed by atoms with van der Waals surface area (Å²) in [7, 11) is -6.41. The monoisotopic (exact) mass is 357 g/mol. The minimum absolute atomic E-state index is 0.0712. The fraction of sp³-hybridized carbons (Fsp3) is 0.200. The third-order valence-corrected chi connectivity index (χ3v) is 6.38. The zero-order valence-electron chi connectivity index (χ0n) is 12.6. The summed E-state index contributed by atoms with van der Waals surface area (Å²) < 4.78 is 63.1. The molecular weight excluding hydrogens is 341 g/mol. The molecule has 0 fully saturated rings. The van der Waals surface area contributed by atoms with E-state index in [4.69, 9.17) is 0 Å². The molecule has 2 aromatic rings. The SMILES string of the molecule is CN(Cc1cccc(F)c1)S(=O)(=O)c1ccccc1S(C)(=O)=O. The predicted octanol–water partition coefficient (Wildman–Crippen LogP) is 2.05. The quantitative estimate of drug-likeness (QED) is 0.821. The van der Waals surface area contributed by atoms with Gasteiger partial charge in [-0.2, -0.15) is 4.31 Å². The molecule has 0 spiro atoms. The Bertz CT molecular complexity index is 924. The predicted molar refractivity (Wildman–Crippen MR) is 84.6 cm³/mol. The first-order valence-electron chi connectivity index (χ1n) is 6.62. The van der Waals surface area contributed by atoms with Crippen molar-refractivity contribution in [1.29, 1.82) is 0 Å². The standard InChI is InChI=1S/C15H16FNO4S2/c1-17(11-12-6-5-7-13(16)10-12)23(20,21)15-9-4-3-8-14(15)22(2,18)19/h3-10H,11H2,1-2H3. The van der Waals surface area contributed by atoms with Crippen LogP contribution in [0.4, 0.5) is 4.39 Å². The Hall–Kier alpha value is -1.77. The second-order valence-electron chi connectivity index (χ2n) is 5.11. The minimum atomic E-state index is -4.03. The number of sulfone groups is 1. The largest absolute Gasteiger partial charge is 0.244 e. The topological polar surface area (TPSA) is 71.5 Å². The summed E-state index contributed by atoms with van der Waals surface area (Å²) in [6.45, 7) is -0.0712. The maximum atomic E-state index is 13.2. The van der Waals surface area contributed by atoms with Crippen LogP contribution in [0.15, 0.2) is 58.3 Å². The average molecular weight is 357 g/mol. The first-order chi connectivity index (χ1) is 10.6. The zero-order valence-corrected chi connectivity index (χ0v) is 14.2. The van der Waals surface area contributed by atoms with E-state index in [0.717, 1.165) is 10.6 Å². The van der Waals surface area contributed by atoms with Crippen LogP contribution in [0, 0.1) is 5.82 Å².